The third-order valence-electron chi connectivity index (χ3n) is 5.06. The summed E-state index contributed by atoms with van der Waals surface area (Å²) in [5, 5.41) is 29.3. The molecule has 2 aromatic heterocycles. The average molecular weight is 377 g/mol. The lowest BCUT2D eigenvalue weighted by molar-refractivity contribution is -0.144. The highest BCUT2D eigenvalue weighted by molar-refractivity contribution is 5.82. The Kier molecular flexibility index (Phi) is 5.16. The summed E-state index contributed by atoms with van der Waals surface area (Å²) in [6.07, 6.45) is 1.59. The van der Waals surface area contributed by atoms with Gasteiger partial charge in [-0.15, -0.1) is 0 Å². The molecule has 5 atom stereocenters. The molecule has 0 aliphatic carbocycles. The van der Waals surface area contributed by atoms with Crippen LogP contribution < -0.4 is 16.0 Å². The molecule has 2 fully saturated rings. The highest BCUT2D eigenvalue weighted by Crippen LogP contribution is 2.24. The molecule has 0 bridgehead atoms. The van der Waals surface area contributed by atoms with Gasteiger partial charge >= 0.3 is 0 Å². The largest absolute Gasteiger partial charge is 0.394 e. The molecule has 2 aliphatic rings. The van der Waals surface area contributed by atoms with Crippen LogP contribution in [0.3, 0.4) is 0 Å². The van der Waals surface area contributed by atoms with E-state index in [0.717, 1.165) is 13.0 Å². The molecule has 146 valence electrons. The lowest BCUT2D eigenvalue weighted by Crippen LogP contribution is -2.58. The van der Waals surface area contributed by atoms with Crippen molar-refractivity contribution in [1.82, 2.24) is 30.6 Å². The first-order valence-corrected chi connectivity index (χ1v) is 9.02. The Morgan fingerprint density at radius 3 is 3.04 bits per heavy atom. The molecular weight excluding hydrogens is 354 g/mol. The number of carbonyl (C=O) groups is 1. The second kappa shape index (κ2) is 7.72. The van der Waals surface area contributed by atoms with E-state index < -0.39 is 24.5 Å². The van der Waals surface area contributed by atoms with Gasteiger partial charge in [0.15, 0.2) is 17.7 Å². The number of ether oxygens (including phenoxy) is 1. The van der Waals surface area contributed by atoms with Crippen LogP contribution in [0.2, 0.25) is 0 Å². The molecule has 11 heteroatoms. The molecule has 0 spiro atoms. The Morgan fingerprint density at radius 1 is 1.37 bits per heavy atom. The number of aliphatic hydroxyl groups excluding tert-OH is 2. The van der Waals surface area contributed by atoms with Gasteiger partial charge in [-0.1, -0.05) is 0 Å². The third-order valence-corrected chi connectivity index (χ3v) is 5.06. The van der Waals surface area contributed by atoms with Crippen LogP contribution >= 0.6 is 0 Å². The van der Waals surface area contributed by atoms with Crippen LogP contribution in [-0.4, -0.2) is 80.2 Å². The summed E-state index contributed by atoms with van der Waals surface area (Å²) >= 11 is 0. The molecule has 0 unspecified atom stereocenters. The summed E-state index contributed by atoms with van der Waals surface area (Å²) < 4.78 is 5.82. The van der Waals surface area contributed by atoms with E-state index in [9.17, 15) is 15.0 Å². The Bertz CT molecular complexity index is 794. The molecule has 2 aliphatic heterocycles. The number of anilines is 1. The Hall–Kier alpha value is -2.34. The fourth-order valence-electron chi connectivity index (χ4n) is 3.55. The Labute approximate surface area is 154 Å². The number of rotatable bonds is 5. The van der Waals surface area contributed by atoms with Gasteiger partial charge in [-0.2, -0.15) is 0 Å². The topological polar surface area (TPSA) is 157 Å². The van der Waals surface area contributed by atoms with Crippen molar-refractivity contribution in [2.45, 2.75) is 37.3 Å². The lowest BCUT2D eigenvalue weighted by atomic mass is 9.97. The van der Waals surface area contributed by atoms with E-state index in [1.54, 1.807) is 0 Å². The summed E-state index contributed by atoms with van der Waals surface area (Å²) in [7, 11) is 0. The number of nitrogens with zero attached hydrogens (tertiary/aromatic N) is 3. The zero-order valence-corrected chi connectivity index (χ0v) is 14.6. The number of nitrogens with one attached hydrogen (secondary N) is 4. The molecule has 11 nitrogen and oxygen atoms in total. The standard InChI is InChI=1S/C16H23N7O4/c24-5-11-9(22-15(26)8-1-2-17-4-8)3-10(25)16(27-11)23-14-12-13(19-6-18-12)20-7-21-14/h6-11,16-17,24-25H,1-5H2,(H,22,26)(H2,18,19,20,21,23)/t8-,9+,10-,11-,16-/m0/s1. The van der Waals surface area contributed by atoms with Crippen LogP contribution in [0.15, 0.2) is 12.7 Å². The minimum absolute atomic E-state index is 0.0828. The monoisotopic (exact) mass is 377 g/mol. The van der Waals surface area contributed by atoms with Crippen molar-refractivity contribution >= 4 is 22.9 Å². The third kappa shape index (κ3) is 3.72. The maximum absolute atomic E-state index is 12.4. The van der Waals surface area contributed by atoms with Crippen molar-refractivity contribution < 1.29 is 19.7 Å². The summed E-state index contributed by atoms with van der Waals surface area (Å²) in [4.78, 5) is 27.5. The SMILES string of the molecule is O=C(N[C@@H]1C[C@H](O)[C@@H](Nc2ncnc3nc[nH]c23)O[C@H]1CO)[C@H]1CCNC1. The van der Waals surface area contributed by atoms with Crippen molar-refractivity contribution in [2.24, 2.45) is 5.92 Å². The smallest absolute Gasteiger partial charge is 0.224 e. The highest BCUT2D eigenvalue weighted by Gasteiger charge is 2.39. The predicted molar refractivity (Wildman–Crippen MR) is 94.6 cm³/mol. The average Bonchev–Trinajstić information content (AvgIpc) is 3.35. The van der Waals surface area contributed by atoms with Gasteiger partial charge in [0.25, 0.3) is 0 Å². The van der Waals surface area contributed by atoms with E-state index in [4.69, 9.17) is 4.74 Å². The minimum atomic E-state index is -0.896. The molecule has 27 heavy (non-hydrogen) atoms. The quantitative estimate of drug-likeness (QED) is 0.358. The number of aromatic nitrogens is 4. The first-order chi connectivity index (χ1) is 13.2. The van der Waals surface area contributed by atoms with Gasteiger partial charge in [0.1, 0.15) is 24.1 Å². The summed E-state index contributed by atoms with van der Waals surface area (Å²) in [6.45, 7) is 1.18. The molecule has 2 aromatic rings. The molecule has 0 radical (unpaired) electrons. The second-order valence-corrected chi connectivity index (χ2v) is 6.85. The molecule has 2 saturated heterocycles. The number of hydrogen-bond acceptors (Lipinski definition) is 9. The van der Waals surface area contributed by atoms with Gasteiger partial charge in [0, 0.05) is 13.0 Å². The first kappa shape index (κ1) is 18.0. The number of hydrogen-bond donors (Lipinski definition) is 6. The predicted octanol–water partition coefficient (Wildman–Crippen LogP) is -1.67. The van der Waals surface area contributed by atoms with Gasteiger partial charge in [-0.05, 0) is 13.0 Å². The Balaban J connectivity index is 1.43. The second-order valence-electron chi connectivity index (χ2n) is 6.85. The summed E-state index contributed by atoms with van der Waals surface area (Å²) in [5.41, 5.74) is 1.09. The maximum atomic E-state index is 12.4. The van der Waals surface area contributed by atoms with Crippen LogP contribution in [0.5, 0.6) is 0 Å². The van der Waals surface area contributed by atoms with Crippen LogP contribution in [0.1, 0.15) is 12.8 Å². The van der Waals surface area contributed by atoms with Crippen molar-refractivity contribution in [2.75, 3.05) is 25.0 Å². The number of fused-ring (bicyclic) bond motifs is 1. The normalized spacial score (nSPS) is 31.1. The molecule has 4 rings (SSSR count). The van der Waals surface area contributed by atoms with Crippen molar-refractivity contribution in [3.63, 3.8) is 0 Å². The van der Waals surface area contributed by atoms with Crippen LogP contribution in [0, 0.1) is 5.92 Å². The number of carbonyl (C=O) groups excluding carboxylic acids is 1. The highest BCUT2D eigenvalue weighted by atomic mass is 16.5. The fourth-order valence-corrected chi connectivity index (χ4v) is 3.55. The lowest BCUT2D eigenvalue weighted by Gasteiger charge is -2.39. The number of amides is 1. The van der Waals surface area contributed by atoms with E-state index in [2.05, 4.69) is 35.9 Å². The number of aromatic amines is 1. The van der Waals surface area contributed by atoms with Crippen LogP contribution in [-0.2, 0) is 9.53 Å². The molecule has 4 heterocycles. The fraction of sp³-hybridized carbons (Fsp3) is 0.625. The van der Waals surface area contributed by atoms with E-state index in [1.807, 2.05) is 0 Å². The van der Waals surface area contributed by atoms with Crippen molar-refractivity contribution in [3.8, 4) is 0 Å². The van der Waals surface area contributed by atoms with E-state index >= 15 is 0 Å². The van der Waals surface area contributed by atoms with E-state index in [-0.39, 0.29) is 24.9 Å². The van der Waals surface area contributed by atoms with Gasteiger partial charge < -0.3 is 35.9 Å². The van der Waals surface area contributed by atoms with Gasteiger partial charge in [-0.25, -0.2) is 15.0 Å². The number of imidazole rings is 1. The van der Waals surface area contributed by atoms with Gasteiger partial charge in [-0.3, -0.25) is 4.79 Å². The summed E-state index contributed by atoms with van der Waals surface area (Å²) in [6, 6.07) is -0.464. The zero-order chi connectivity index (χ0) is 18.8. The number of H-pyrrole nitrogens is 1. The van der Waals surface area contributed by atoms with Crippen molar-refractivity contribution in [1.29, 1.82) is 0 Å². The van der Waals surface area contributed by atoms with Gasteiger partial charge in [0.2, 0.25) is 5.91 Å². The number of aliphatic hydroxyl groups is 2. The zero-order valence-electron chi connectivity index (χ0n) is 14.6. The van der Waals surface area contributed by atoms with E-state index in [0.29, 0.717) is 23.5 Å². The Morgan fingerprint density at radius 2 is 2.26 bits per heavy atom. The molecule has 6 N–H and O–H groups in total. The van der Waals surface area contributed by atoms with Gasteiger partial charge in [0.05, 0.1) is 24.9 Å². The van der Waals surface area contributed by atoms with E-state index in [1.165, 1.54) is 12.7 Å². The van der Waals surface area contributed by atoms with Crippen molar-refractivity contribution in [3.05, 3.63) is 12.7 Å². The van der Waals surface area contributed by atoms with Crippen LogP contribution in [0.25, 0.3) is 11.2 Å². The molecule has 1 amide bonds. The molecule has 0 saturated carbocycles. The molecular formula is C16H23N7O4. The first-order valence-electron chi connectivity index (χ1n) is 9.02. The van der Waals surface area contributed by atoms with Crippen LogP contribution in [0.4, 0.5) is 5.82 Å². The minimum Gasteiger partial charge on any atom is -0.394 e. The summed E-state index contributed by atoms with van der Waals surface area (Å²) in [5.74, 6) is 0.269. The molecule has 0 aromatic carbocycles. The maximum Gasteiger partial charge on any atom is 0.224 e.